The van der Waals surface area contributed by atoms with Crippen molar-refractivity contribution >= 4 is 22.6 Å². The molecule has 1 fully saturated rings. The van der Waals surface area contributed by atoms with E-state index in [0.717, 1.165) is 4.57 Å². The van der Waals surface area contributed by atoms with Gasteiger partial charge in [-0.1, -0.05) is 48.0 Å². The van der Waals surface area contributed by atoms with E-state index in [0.29, 0.717) is 24.6 Å². The Morgan fingerprint density at radius 1 is 0.812 bits per heavy atom. The molecule has 1 saturated heterocycles. The number of aromatic nitrogens is 3. The summed E-state index contributed by atoms with van der Waals surface area (Å²) >= 11 is 6.67. The van der Waals surface area contributed by atoms with E-state index in [9.17, 15) is 14.4 Å². The van der Waals surface area contributed by atoms with Gasteiger partial charge in [0.25, 0.3) is 11.1 Å². The van der Waals surface area contributed by atoms with E-state index in [-0.39, 0.29) is 21.6 Å². The van der Waals surface area contributed by atoms with E-state index in [1.165, 1.54) is 16.2 Å². The van der Waals surface area contributed by atoms with Crippen LogP contribution in [-0.2, 0) is 16.5 Å². The van der Waals surface area contributed by atoms with E-state index < -0.39 is 23.1 Å². The molecule has 8 nitrogen and oxygen atoms in total. The Hall–Kier alpha value is -3.46. The van der Waals surface area contributed by atoms with Crippen LogP contribution in [0.3, 0.4) is 0 Å². The molecule has 0 amide bonds. The van der Waals surface area contributed by atoms with Gasteiger partial charge in [-0.2, -0.15) is 0 Å². The highest BCUT2D eigenvalue weighted by Crippen LogP contribution is 2.31. The lowest BCUT2D eigenvalue weighted by molar-refractivity contribution is -0.0451. The second kappa shape index (κ2) is 7.90. The molecule has 0 aliphatic carbocycles. The summed E-state index contributed by atoms with van der Waals surface area (Å²) in [6.45, 7) is 0.611. The van der Waals surface area contributed by atoms with Crippen LogP contribution in [0.1, 0.15) is 11.9 Å². The van der Waals surface area contributed by atoms with E-state index >= 15 is 0 Å². The summed E-state index contributed by atoms with van der Waals surface area (Å²) < 4.78 is 14.6. The molecular weight excluding hydrogens is 434 g/mol. The minimum absolute atomic E-state index is 0.0233. The number of fused-ring (bicyclic) bond motifs is 1. The lowest BCUT2D eigenvalue weighted by atomic mass is 10.2. The summed E-state index contributed by atoms with van der Waals surface area (Å²) in [5, 5.41) is -0.0652. The molecule has 4 aromatic rings. The summed E-state index contributed by atoms with van der Waals surface area (Å²) in [6.07, 6.45) is -0.979. The molecule has 5 rings (SSSR count). The van der Waals surface area contributed by atoms with Crippen LogP contribution in [0.25, 0.3) is 22.4 Å². The van der Waals surface area contributed by atoms with Crippen LogP contribution >= 0.6 is 11.6 Å². The largest absolute Gasteiger partial charge is 0.346 e. The van der Waals surface area contributed by atoms with Crippen molar-refractivity contribution in [1.29, 1.82) is 0 Å². The highest BCUT2D eigenvalue weighted by molar-refractivity contribution is 6.36. The number of halogens is 1. The van der Waals surface area contributed by atoms with Crippen LogP contribution in [-0.4, -0.2) is 26.9 Å². The van der Waals surface area contributed by atoms with Gasteiger partial charge in [0.15, 0.2) is 6.29 Å². The molecule has 9 heteroatoms. The van der Waals surface area contributed by atoms with Gasteiger partial charge >= 0.3 is 5.69 Å². The van der Waals surface area contributed by atoms with Crippen LogP contribution in [0.15, 0.2) is 75.0 Å². The number of nitrogens with zero attached hydrogens (tertiary/aromatic N) is 3. The first-order chi connectivity index (χ1) is 15.5. The van der Waals surface area contributed by atoms with E-state index in [1.54, 1.807) is 54.6 Å². The quantitative estimate of drug-likeness (QED) is 0.478. The van der Waals surface area contributed by atoms with Gasteiger partial charge in [-0.15, -0.1) is 0 Å². The monoisotopic (exact) mass is 451 g/mol. The third-order valence-corrected chi connectivity index (χ3v) is 5.82. The first-order valence-electron chi connectivity index (χ1n) is 9.95. The van der Waals surface area contributed by atoms with Crippen LogP contribution in [0.5, 0.6) is 0 Å². The zero-order valence-electron chi connectivity index (χ0n) is 17.0. The zero-order valence-corrected chi connectivity index (χ0v) is 17.8. The lowest BCUT2D eigenvalue weighted by Crippen LogP contribution is -2.41. The Balaban J connectivity index is 2.02. The van der Waals surface area contributed by atoms with Crippen molar-refractivity contribution in [1.82, 2.24) is 13.7 Å². The second-order valence-corrected chi connectivity index (χ2v) is 7.67. The average molecular weight is 452 g/mol. The van der Waals surface area contributed by atoms with Crippen molar-refractivity contribution in [3.63, 3.8) is 0 Å². The van der Waals surface area contributed by atoms with Gasteiger partial charge in [0.1, 0.15) is 11.0 Å². The topological polar surface area (TPSA) is 84.5 Å². The number of hydrogen-bond donors (Lipinski definition) is 0. The molecule has 3 heterocycles. The van der Waals surface area contributed by atoms with Crippen LogP contribution in [0.4, 0.5) is 0 Å². The molecule has 0 radical (unpaired) electrons. The number of ether oxygens (including phenoxy) is 2. The van der Waals surface area contributed by atoms with Gasteiger partial charge in [0.05, 0.1) is 35.2 Å². The maximum Gasteiger partial charge on any atom is 0.341 e. The van der Waals surface area contributed by atoms with Crippen LogP contribution < -0.4 is 16.8 Å². The second-order valence-electron chi connectivity index (χ2n) is 7.29. The Labute approximate surface area is 186 Å². The van der Waals surface area contributed by atoms with E-state index in [2.05, 4.69) is 0 Å². The molecule has 0 N–H and O–H groups in total. The fourth-order valence-corrected chi connectivity index (χ4v) is 4.29. The summed E-state index contributed by atoms with van der Waals surface area (Å²) in [7, 11) is 1.49. The molecular formula is C23H18ClN3O5. The third-order valence-electron chi connectivity index (χ3n) is 5.43. The molecule has 1 aliphatic rings. The highest BCUT2D eigenvalue weighted by Gasteiger charge is 2.30. The Kier molecular flexibility index (Phi) is 5.05. The van der Waals surface area contributed by atoms with Gasteiger partial charge in [-0.05, 0) is 24.3 Å². The lowest BCUT2D eigenvalue weighted by Gasteiger charge is -2.20. The minimum Gasteiger partial charge on any atom is -0.346 e. The molecule has 1 aliphatic heterocycles. The number of rotatable bonds is 3. The maximum absolute atomic E-state index is 13.7. The maximum atomic E-state index is 13.7. The fraction of sp³-hybridized carbons (Fsp3) is 0.174. The molecule has 0 atom stereocenters. The van der Waals surface area contributed by atoms with Crippen LogP contribution in [0, 0.1) is 0 Å². The molecule has 0 saturated carbocycles. The SMILES string of the molecule is Cn1c(=O)c(C2OCCO2)c(Cl)c2c(=O)n(-c3ccccc3)c(=O)n(-c3ccccc3)c21. The third kappa shape index (κ3) is 3.03. The molecule has 2 aromatic heterocycles. The number of para-hydroxylation sites is 2. The number of aryl methyl sites for hydroxylation is 1. The number of benzene rings is 2. The molecule has 0 spiro atoms. The number of pyridine rings is 1. The van der Waals surface area contributed by atoms with E-state index in [1.807, 2.05) is 6.07 Å². The Bertz CT molecular complexity index is 1500. The van der Waals surface area contributed by atoms with Crippen molar-refractivity contribution in [3.8, 4) is 11.4 Å². The standard InChI is InChI=1S/C23H18ClN3O5/c1-25-19-16(18(24)17(20(25)28)22-31-12-13-32-22)21(29)27(15-10-6-3-7-11-15)23(30)26(19)14-8-4-2-5-9-14/h2-11,22H,12-13H2,1H3. The number of hydrogen-bond acceptors (Lipinski definition) is 5. The van der Waals surface area contributed by atoms with Gasteiger partial charge in [-0.25, -0.2) is 13.9 Å². The normalized spacial score (nSPS) is 14.3. The first kappa shape index (κ1) is 20.4. The minimum atomic E-state index is -0.979. The van der Waals surface area contributed by atoms with E-state index in [4.69, 9.17) is 21.1 Å². The average Bonchev–Trinajstić information content (AvgIpc) is 3.33. The van der Waals surface area contributed by atoms with Gasteiger partial charge in [0.2, 0.25) is 0 Å². The summed E-state index contributed by atoms with van der Waals surface area (Å²) in [4.78, 5) is 40.5. The Morgan fingerprint density at radius 3 is 1.91 bits per heavy atom. The van der Waals surface area contributed by atoms with Crippen molar-refractivity contribution in [2.24, 2.45) is 7.05 Å². The predicted octanol–water partition coefficient (Wildman–Crippen LogP) is 2.54. The summed E-state index contributed by atoms with van der Waals surface area (Å²) in [6, 6.07) is 17.3. The highest BCUT2D eigenvalue weighted by atomic mass is 35.5. The smallest absolute Gasteiger partial charge is 0.341 e. The molecule has 2 aromatic carbocycles. The summed E-state index contributed by atoms with van der Waals surface area (Å²) in [5.41, 5.74) is -0.761. The van der Waals surface area contributed by atoms with Crippen molar-refractivity contribution in [3.05, 3.63) is 102 Å². The predicted molar refractivity (Wildman–Crippen MR) is 120 cm³/mol. The van der Waals surface area contributed by atoms with Crippen molar-refractivity contribution in [2.45, 2.75) is 6.29 Å². The van der Waals surface area contributed by atoms with Crippen molar-refractivity contribution < 1.29 is 9.47 Å². The van der Waals surface area contributed by atoms with Gasteiger partial charge in [-0.3, -0.25) is 14.2 Å². The van der Waals surface area contributed by atoms with Crippen molar-refractivity contribution in [2.75, 3.05) is 13.2 Å². The first-order valence-corrected chi connectivity index (χ1v) is 10.3. The zero-order chi connectivity index (χ0) is 22.4. The fourth-order valence-electron chi connectivity index (χ4n) is 3.96. The van der Waals surface area contributed by atoms with Gasteiger partial charge in [0, 0.05) is 7.05 Å². The van der Waals surface area contributed by atoms with Crippen LogP contribution in [0.2, 0.25) is 5.02 Å². The van der Waals surface area contributed by atoms with Gasteiger partial charge < -0.3 is 9.47 Å². The summed E-state index contributed by atoms with van der Waals surface area (Å²) in [5.74, 6) is 0. The molecule has 162 valence electrons. The molecule has 0 unspecified atom stereocenters. The Morgan fingerprint density at radius 2 is 1.34 bits per heavy atom. The molecule has 0 bridgehead atoms. The molecule has 32 heavy (non-hydrogen) atoms.